The SMILES string of the molecule is C[C@@H]1COC(C)(C)O[C@@H]1C(=O)O. The first-order valence-corrected chi connectivity index (χ1v) is 3.97. The highest BCUT2D eigenvalue weighted by Crippen LogP contribution is 2.25. The first-order chi connectivity index (χ1) is 5.42. The zero-order chi connectivity index (χ0) is 9.35. The van der Waals surface area contributed by atoms with E-state index >= 15 is 0 Å². The van der Waals surface area contributed by atoms with Gasteiger partial charge in [0.05, 0.1) is 6.61 Å². The molecule has 1 N–H and O–H groups in total. The lowest BCUT2D eigenvalue weighted by Crippen LogP contribution is -2.48. The third kappa shape index (κ3) is 1.95. The smallest absolute Gasteiger partial charge is 0.333 e. The Balaban J connectivity index is 2.66. The summed E-state index contributed by atoms with van der Waals surface area (Å²) < 4.78 is 10.5. The molecule has 4 heteroatoms. The molecule has 0 bridgehead atoms. The Hall–Kier alpha value is -0.610. The Bertz CT molecular complexity index is 187. The largest absolute Gasteiger partial charge is 0.479 e. The van der Waals surface area contributed by atoms with E-state index in [1.165, 1.54) is 0 Å². The second-order valence-electron chi connectivity index (χ2n) is 3.56. The lowest BCUT2D eigenvalue weighted by molar-refractivity contribution is -0.288. The highest BCUT2D eigenvalue weighted by atomic mass is 16.7. The summed E-state index contributed by atoms with van der Waals surface area (Å²) in [5, 5.41) is 8.76. The van der Waals surface area contributed by atoms with E-state index in [9.17, 15) is 4.79 Å². The lowest BCUT2D eigenvalue weighted by Gasteiger charge is -2.37. The Morgan fingerprint density at radius 3 is 2.58 bits per heavy atom. The lowest BCUT2D eigenvalue weighted by atomic mass is 10.0. The van der Waals surface area contributed by atoms with Crippen LogP contribution in [0.15, 0.2) is 0 Å². The van der Waals surface area contributed by atoms with Gasteiger partial charge in [-0.1, -0.05) is 6.92 Å². The van der Waals surface area contributed by atoms with Crippen molar-refractivity contribution in [2.24, 2.45) is 5.92 Å². The Kier molecular flexibility index (Phi) is 2.39. The van der Waals surface area contributed by atoms with Gasteiger partial charge in [-0.2, -0.15) is 0 Å². The summed E-state index contributed by atoms with van der Waals surface area (Å²) in [6.45, 7) is 5.67. The summed E-state index contributed by atoms with van der Waals surface area (Å²) >= 11 is 0. The molecule has 0 aromatic rings. The van der Waals surface area contributed by atoms with Gasteiger partial charge in [-0.25, -0.2) is 4.79 Å². The molecule has 1 heterocycles. The van der Waals surface area contributed by atoms with Crippen molar-refractivity contribution in [3.05, 3.63) is 0 Å². The quantitative estimate of drug-likeness (QED) is 0.640. The fourth-order valence-electron chi connectivity index (χ4n) is 1.17. The molecule has 70 valence electrons. The molecule has 0 saturated carbocycles. The summed E-state index contributed by atoms with van der Waals surface area (Å²) in [5.41, 5.74) is 0. The average Bonchev–Trinajstić information content (AvgIpc) is 1.94. The van der Waals surface area contributed by atoms with E-state index < -0.39 is 17.9 Å². The maximum absolute atomic E-state index is 10.7. The van der Waals surface area contributed by atoms with Crippen LogP contribution in [0.25, 0.3) is 0 Å². The van der Waals surface area contributed by atoms with E-state index in [4.69, 9.17) is 14.6 Å². The summed E-state index contributed by atoms with van der Waals surface area (Å²) in [6.07, 6.45) is -0.742. The van der Waals surface area contributed by atoms with Gasteiger partial charge >= 0.3 is 5.97 Å². The molecule has 1 aliphatic heterocycles. The van der Waals surface area contributed by atoms with Crippen molar-refractivity contribution >= 4 is 5.97 Å². The number of hydrogen-bond acceptors (Lipinski definition) is 3. The minimum atomic E-state index is -0.918. The third-order valence-corrected chi connectivity index (χ3v) is 1.86. The van der Waals surface area contributed by atoms with Gasteiger partial charge in [0.15, 0.2) is 11.9 Å². The number of hydrogen-bond donors (Lipinski definition) is 1. The highest BCUT2D eigenvalue weighted by Gasteiger charge is 2.38. The van der Waals surface area contributed by atoms with Crippen LogP contribution in [-0.4, -0.2) is 29.6 Å². The van der Waals surface area contributed by atoms with Gasteiger partial charge in [-0.3, -0.25) is 0 Å². The van der Waals surface area contributed by atoms with Crippen molar-refractivity contribution in [2.75, 3.05) is 6.61 Å². The Morgan fingerprint density at radius 2 is 2.17 bits per heavy atom. The van der Waals surface area contributed by atoms with Crippen LogP contribution in [0.3, 0.4) is 0 Å². The van der Waals surface area contributed by atoms with Crippen molar-refractivity contribution in [1.82, 2.24) is 0 Å². The van der Waals surface area contributed by atoms with E-state index in [1.54, 1.807) is 20.8 Å². The number of carboxylic acids is 1. The maximum Gasteiger partial charge on any atom is 0.333 e. The molecule has 1 fully saturated rings. The Morgan fingerprint density at radius 1 is 1.58 bits per heavy atom. The van der Waals surface area contributed by atoms with Crippen LogP contribution < -0.4 is 0 Å². The first kappa shape index (κ1) is 9.48. The molecule has 0 unspecified atom stereocenters. The molecule has 2 atom stereocenters. The molecular weight excluding hydrogens is 160 g/mol. The number of carboxylic acid groups (broad SMARTS) is 1. The monoisotopic (exact) mass is 174 g/mol. The Labute approximate surface area is 71.5 Å². The predicted octanol–water partition coefficient (Wildman–Crippen LogP) is 0.859. The highest BCUT2D eigenvalue weighted by molar-refractivity contribution is 5.72. The predicted molar refractivity (Wildman–Crippen MR) is 41.7 cm³/mol. The number of aliphatic carboxylic acids is 1. The van der Waals surface area contributed by atoms with Gasteiger partial charge in [0.2, 0.25) is 0 Å². The minimum Gasteiger partial charge on any atom is -0.479 e. The topological polar surface area (TPSA) is 55.8 Å². The minimum absolute atomic E-state index is 0.0875. The standard InChI is InChI=1S/C8H14O4/c1-5-4-11-8(2,3)12-6(5)7(9)10/h5-6H,4H2,1-3H3,(H,9,10)/t5-,6+/m1/s1. The van der Waals surface area contributed by atoms with E-state index in [0.717, 1.165) is 0 Å². The maximum atomic E-state index is 10.7. The molecule has 0 spiro atoms. The van der Waals surface area contributed by atoms with Crippen molar-refractivity contribution in [1.29, 1.82) is 0 Å². The number of carbonyl (C=O) groups is 1. The van der Waals surface area contributed by atoms with Gasteiger partial charge in [0.25, 0.3) is 0 Å². The van der Waals surface area contributed by atoms with Crippen LogP contribution in [-0.2, 0) is 14.3 Å². The molecule has 0 aliphatic carbocycles. The normalized spacial score (nSPS) is 34.6. The summed E-state index contributed by atoms with van der Waals surface area (Å²) in [5.74, 6) is -1.77. The zero-order valence-corrected chi connectivity index (χ0v) is 7.53. The van der Waals surface area contributed by atoms with E-state index in [-0.39, 0.29) is 5.92 Å². The van der Waals surface area contributed by atoms with Crippen LogP contribution in [0, 0.1) is 5.92 Å². The number of ether oxygens (including phenoxy) is 2. The fourth-order valence-corrected chi connectivity index (χ4v) is 1.17. The molecule has 0 radical (unpaired) electrons. The van der Waals surface area contributed by atoms with Crippen molar-refractivity contribution < 1.29 is 19.4 Å². The van der Waals surface area contributed by atoms with Crippen LogP contribution in [0.2, 0.25) is 0 Å². The van der Waals surface area contributed by atoms with Crippen molar-refractivity contribution in [2.45, 2.75) is 32.7 Å². The molecule has 1 aliphatic rings. The molecule has 1 saturated heterocycles. The van der Waals surface area contributed by atoms with Gasteiger partial charge in [-0.05, 0) is 13.8 Å². The van der Waals surface area contributed by atoms with Crippen LogP contribution in [0.1, 0.15) is 20.8 Å². The molecule has 0 aromatic carbocycles. The summed E-state index contributed by atoms with van der Waals surface area (Å²) in [6, 6.07) is 0. The molecule has 1 rings (SSSR count). The van der Waals surface area contributed by atoms with E-state index in [0.29, 0.717) is 6.61 Å². The van der Waals surface area contributed by atoms with Gasteiger partial charge in [-0.15, -0.1) is 0 Å². The summed E-state index contributed by atoms with van der Waals surface area (Å²) in [7, 11) is 0. The van der Waals surface area contributed by atoms with Crippen LogP contribution in [0.5, 0.6) is 0 Å². The first-order valence-electron chi connectivity index (χ1n) is 3.97. The third-order valence-electron chi connectivity index (χ3n) is 1.86. The molecule has 4 nitrogen and oxygen atoms in total. The molecule has 0 aromatic heterocycles. The van der Waals surface area contributed by atoms with Crippen LogP contribution in [0.4, 0.5) is 0 Å². The number of rotatable bonds is 1. The van der Waals surface area contributed by atoms with Gasteiger partial charge in [0.1, 0.15) is 0 Å². The van der Waals surface area contributed by atoms with Crippen molar-refractivity contribution in [3.63, 3.8) is 0 Å². The summed E-state index contributed by atoms with van der Waals surface area (Å²) in [4.78, 5) is 10.7. The van der Waals surface area contributed by atoms with E-state index in [2.05, 4.69) is 0 Å². The van der Waals surface area contributed by atoms with Gasteiger partial charge in [0, 0.05) is 5.92 Å². The zero-order valence-electron chi connectivity index (χ0n) is 7.53. The molecular formula is C8H14O4. The van der Waals surface area contributed by atoms with Crippen molar-refractivity contribution in [3.8, 4) is 0 Å². The fraction of sp³-hybridized carbons (Fsp3) is 0.875. The second kappa shape index (κ2) is 3.03. The molecule has 12 heavy (non-hydrogen) atoms. The average molecular weight is 174 g/mol. The van der Waals surface area contributed by atoms with E-state index in [1.807, 2.05) is 0 Å². The van der Waals surface area contributed by atoms with Crippen LogP contribution >= 0.6 is 0 Å². The second-order valence-corrected chi connectivity index (χ2v) is 3.56. The molecule has 0 amide bonds. The van der Waals surface area contributed by atoms with Gasteiger partial charge < -0.3 is 14.6 Å².